The molecule has 0 radical (unpaired) electrons. The molecule has 0 bridgehead atoms. The van der Waals surface area contributed by atoms with Crippen molar-refractivity contribution in [2.75, 3.05) is 26.2 Å². The molecule has 1 heterocycles. The van der Waals surface area contributed by atoms with Crippen LogP contribution in [0, 0.1) is 0 Å². The van der Waals surface area contributed by atoms with Crippen molar-refractivity contribution >= 4 is 24.2 Å². The maximum Gasteiger partial charge on any atom is 0.253 e. The van der Waals surface area contributed by atoms with Crippen LogP contribution in [0.25, 0.3) is 0 Å². The van der Waals surface area contributed by atoms with Crippen molar-refractivity contribution in [3.05, 3.63) is 35.4 Å². The van der Waals surface area contributed by atoms with E-state index >= 15 is 0 Å². The van der Waals surface area contributed by atoms with E-state index in [1.807, 2.05) is 0 Å². The fourth-order valence-electron chi connectivity index (χ4n) is 1.86. The second-order valence-electron chi connectivity index (χ2n) is 3.99. The van der Waals surface area contributed by atoms with Gasteiger partial charge in [-0.15, -0.1) is 12.4 Å². The molecular formula is C12H16ClN3O2. The van der Waals surface area contributed by atoms with Crippen LogP contribution in [0.3, 0.4) is 0 Å². The van der Waals surface area contributed by atoms with Crippen LogP contribution >= 0.6 is 12.4 Å². The number of hydrogen-bond acceptors (Lipinski definition) is 3. The predicted molar refractivity (Wildman–Crippen MR) is 71.0 cm³/mol. The number of benzene rings is 1. The number of halogens is 1. The van der Waals surface area contributed by atoms with E-state index < -0.39 is 5.91 Å². The van der Waals surface area contributed by atoms with Crippen LogP contribution in [0.5, 0.6) is 0 Å². The van der Waals surface area contributed by atoms with Gasteiger partial charge in [-0.2, -0.15) is 0 Å². The van der Waals surface area contributed by atoms with Crippen molar-refractivity contribution in [3.8, 4) is 0 Å². The molecule has 0 atom stereocenters. The van der Waals surface area contributed by atoms with Gasteiger partial charge in [0.15, 0.2) is 0 Å². The Morgan fingerprint density at radius 3 is 2.39 bits per heavy atom. The van der Waals surface area contributed by atoms with Crippen molar-refractivity contribution in [2.24, 2.45) is 5.73 Å². The van der Waals surface area contributed by atoms with Crippen LogP contribution in [0.15, 0.2) is 24.3 Å². The van der Waals surface area contributed by atoms with Gasteiger partial charge in [0.25, 0.3) is 5.91 Å². The number of nitrogens with zero attached hydrogens (tertiary/aromatic N) is 1. The first kappa shape index (κ1) is 14.5. The average molecular weight is 270 g/mol. The molecule has 5 nitrogen and oxygen atoms in total. The zero-order chi connectivity index (χ0) is 12.3. The lowest BCUT2D eigenvalue weighted by Gasteiger charge is -2.27. The largest absolute Gasteiger partial charge is 0.366 e. The van der Waals surface area contributed by atoms with Gasteiger partial charge in [0, 0.05) is 37.3 Å². The normalized spacial score (nSPS) is 14.8. The fourth-order valence-corrected chi connectivity index (χ4v) is 1.86. The molecule has 2 rings (SSSR count). The van der Waals surface area contributed by atoms with E-state index in [0.29, 0.717) is 24.2 Å². The van der Waals surface area contributed by atoms with Crippen LogP contribution < -0.4 is 11.1 Å². The number of rotatable bonds is 2. The first-order chi connectivity index (χ1) is 8.18. The summed E-state index contributed by atoms with van der Waals surface area (Å²) in [7, 11) is 0. The fraction of sp³-hybridized carbons (Fsp3) is 0.333. The quantitative estimate of drug-likeness (QED) is 0.808. The summed E-state index contributed by atoms with van der Waals surface area (Å²) in [4.78, 5) is 24.9. The zero-order valence-electron chi connectivity index (χ0n) is 9.89. The first-order valence-electron chi connectivity index (χ1n) is 5.58. The van der Waals surface area contributed by atoms with Crippen molar-refractivity contribution in [1.82, 2.24) is 10.2 Å². The molecule has 0 aromatic heterocycles. The highest BCUT2D eigenvalue weighted by Gasteiger charge is 2.18. The Morgan fingerprint density at radius 2 is 1.78 bits per heavy atom. The summed E-state index contributed by atoms with van der Waals surface area (Å²) >= 11 is 0. The van der Waals surface area contributed by atoms with Crippen molar-refractivity contribution < 1.29 is 9.59 Å². The minimum absolute atomic E-state index is 0. The Hall–Kier alpha value is -1.59. The number of nitrogens with two attached hydrogens (primary N) is 1. The highest BCUT2D eigenvalue weighted by molar-refractivity contribution is 5.99. The lowest BCUT2D eigenvalue weighted by molar-refractivity contribution is 0.0736. The summed E-state index contributed by atoms with van der Waals surface area (Å²) in [6, 6.07) is 6.54. The second kappa shape index (κ2) is 6.37. The molecule has 1 aliphatic heterocycles. The number of carbonyl (C=O) groups is 2. The van der Waals surface area contributed by atoms with Gasteiger partial charge in [0.2, 0.25) is 5.91 Å². The molecule has 6 heteroatoms. The summed E-state index contributed by atoms with van der Waals surface area (Å²) in [5.74, 6) is -0.561. The molecule has 1 aromatic carbocycles. The van der Waals surface area contributed by atoms with E-state index in [4.69, 9.17) is 5.73 Å². The van der Waals surface area contributed by atoms with Crippen LogP contribution in [0.1, 0.15) is 20.7 Å². The maximum atomic E-state index is 12.1. The van der Waals surface area contributed by atoms with Gasteiger partial charge in [-0.25, -0.2) is 0 Å². The standard InChI is InChI=1S/C12H15N3O2.ClH/c13-11(16)9-2-1-3-10(8-9)12(17)15-6-4-14-5-7-15;/h1-3,8,14H,4-7H2,(H2,13,16);1H. The number of nitrogens with one attached hydrogen (secondary N) is 1. The van der Waals surface area contributed by atoms with Crippen LogP contribution in [0.2, 0.25) is 0 Å². The smallest absolute Gasteiger partial charge is 0.253 e. The number of hydrogen-bond donors (Lipinski definition) is 2. The maximum absolute atomic E-state index is 12.1. The van der Waals surface area contributed by atoms with Crippen molar-refractivity contribution in [3.63, 3.8) is 0 Å². The third kappa shape index (κ3) is 3.21. The Balaban J connectivity index is 0.00000162. The van der Waals surface area contributed by atoms with E-state index in [1.165, 1.54) is 0 Å². The summed E-state index contributed by atoms with van der Waals surface area (Å²) in [5, 5.41) is 3.18. The van der Waals surface area contributed by atoms with E-state index in [9.17, 15) is 9.59 Å². The van der Waals surface area contributed by atoms with Crippen molar-refractivity contribution in [2.45, 2.75) is 0 Å². The Labute approximate surface area is 112 Å². The summed E-state index contributed by atoms with van der Waals surface area (Å²) in [6.45, 7) is 3.00. The Kier molecular flexibility index (Phi) is 5.12. The van der Waals surface area contributed by atoms with E-state index in [1.54, 1.807) is 29.2 Å². The number of carbonyl (C=O) groups excluding carboxylic acids is 2. The Morgan fingerprint density at radius 1 is 1.17 bits per heavy atom. The van der Waals surface area contributed by atoms with Gasteiger partial charge >= 0.3 is 0 Å². The molecule has 3 N–H and O–H groups in total. The van der Waals surface area contributed by atoms with Crippen LogP contribution in [-0.4, -0.2) is 42.9 Å². The number of amides is 2. The Bertz CT molecular complexity index is 445. The predicted octanol–water partition coefficient (Wildman–Crippen LogP) is 0.253. The van der Waals surface area contributed by atoms with Gasteiger partial charge in [0.1, 0.15) is 0 Å². The minimum Gasteiger partial charge on any atom is -0.366 e. The highest BCUT2D eigenvalue weighted by atomic mass is 35.5. The van der Waals surface area contributed by atoms with Gasteiger partial charge < -0.3 is 16.0 Å². The lowest BCUT2D eigenvalue weighted by Crippen LogP contribution is -2.46. The van der Waals surface area contributed by atoms with Gasteiger partial charge in [0.05, 0.1) is 0 Å². The minimum atomic E-state index is -0.514. The summed E-state index contributed by atoms with van der Waals surface area (Å²) < 4.78 is 0. The average Bonchev–Trinajstić information content (AvgIpc) is 2.39. The third-order valence-electron chi connectivity index (χ3n) is 2.80. The molecular weight excluding hydrogens is 254 g/mol. The first-order valence-corrected chi connectivity index (χ1v) is 5.58. The number of piperazine rings is 1. The van der Waals surface area contributed by atoms with E-state index in [2.05, 4.69) is 5.32 Å². The molecule has 98 valence electrons. The van der Waals surface area contributed by atoms with Crippen molar-refractivity contribution in [1.29, 1.82) is 0 Å². The monoisotopic (exact) mass is 269 g/mol. The zero-order valence-corrected chi connectivity index (χ0v) is 10.7. The number of primary amides is 1. The summed E-state index contributed by atoms with van der Waals surface area (Å²) in [5.41, 5.74) is 6.07. The molecule has 0 unspecified atom stereocenters. The van der Waals surface area contributed by atoms with Gasteiger partial charge in [-0.05, 0) is 18.2 Å². The van der Waals surface area contributed by atoms with Gasteiger partial charge in [-0.1, -0.05) is 6.07 Å². The second-order valence-corrected chi connectivity index (χ2v) is 3.99. The molecule has 1 aromatic rings. The van der Waals surface area contributed by atoms with Crippen LogP contribution in [0.4, 0.5) is 0 Å². The SMILES string of the molecule is Cl.NC(=O)c1cccc(C(=O)N2CCNCC2)c1. The molecule has 18 heavy (non-hydrogen) atoms. The topological polar surface area (TPSA) is 75.4 Å². The molecule has 0 aliphatic carbocycles. The third-order valence-corrected chi connectivity index (χ3v) is 2.80. The summed E-state index contributed by atoms with van der Waals surface area (Å²) in [6.07, 6.45) is 0. The lowest BCUT2D eigenvalue weighted by atomic mass is 10.1. The molecule has 0 spiro atoms. The highest BCUT2D eigenvalue weighted by Crippen LogP contribution is 2.09. The molecule has 1 aliphatic rings. The molecule has 1 saturated heterocycles. The van der Waals surface area contributed by atoms with Crippen LogP contribution in [-0.2, 0) is 0 Å². The molecule has 1 fully saturated rings. The molecule has 2 amide bonds. The van der Waals surface area contributed by atoms with E-state index in [-0.39, 0.29) is 18.3 Å². The van der Waals surface area contributed by atoms with E-state index in [0.717, 1.165) is 13.1 Å². The van der Waals surface area contributed by atoms with Gasteiger partial charge in [-0.3, -0.25) is 9.59 Å². The molecule has 0 saturated carbocycles.